The third-order valence-corrected chi connectivity index (χ3v) is 4.60. The van der Waals surface area contributed by atoms with Gasteiger partial charge in [-0.1, -0.05) is 6.07 Å². The highest BCUT2D eigenvalue weighted by atomic mass is 16.5. The Kier molecular flexibility index (Phi) is 4.23. The number of rotatable bonds is 3. The average molecular weight is 340 g/mol. The fourth-order valence-electron chi connectivity index (χ4n) is 3.30. The van der Waals surface area contributed by atoms with Crippen LogP contribution >= 0.6 is 0 Å². The predicted octanol–water partition coefficient (Wildman–Crippen LogP) is 2.19. The summed E-state index contributed by atoms with van der Waals surface area (Å²) in [5, 5.41) is 8.11. The van der Waals surface area contributed by atoms with E-state index in [0.29, 0.717) is 37.8 Å². The van der Waals surface area contributed by atoms with E-state index < -0.39 is 0 Å². The van der Waals surface area contributed by atoms with Gasteiger partial charge in [0.1, 0.15) is 5.76 Å². The van der Waals surface area contributed by atoms with Crippen LogP contribution in [0.3, 0.4) is 0 Å². The summed E-state index contributed by atoms with van der Waals surface area (Å²) in [7, 11) is 0. The Morgan fingerprint density at radius 2 is 2.36 bits per heavy atom. The molecule has 3 heterocycles. The van der Waals surface area contributed by atoms with Crippen LogP contribution in [0.1, 0.15) is 21.8 Å². The number of amides is 1. The number of carbonyl (C=O) groups is 1. The molecule has 0 unspecified atom stereocenters. The monoisotopic (exact) mass is 340 g/mol. The minimum atomic E-state index is -0.0907. The van der Waals surface area contributed by atoms with Gasteiger partial charge in [-0.15, -0.1) is 0 Å². The van der Waals surface area contributed by atoms with E-state index in [9.17, 15) is 4.79 Å². The number of aryl methyl sites for hydroxylation is 1. The SMILES string of the molecule is Cc1ocnc1C(=O)N1CCOC[C@H](Cc2ccc3[nH]ncc3c2)C1. The number of aromatic nitrogens is 3. The second kappa shape index (κ2) is 6.68. The van der Waals surface area contributed by atoms with Crippen molar-refractivity contribution in [3.63, 3.8) is 0 Å². The zero-order chi connectivity index (χ0) is 17.2. The second-order valence-electron chi connectivity index (χ2n) is 6.44. The zero-order valence-corrected chi connectivity index (χ0v) is 14.1. The van der Waals surface area contributed by atoms with Crippen LogP contribution in [0.25, 0.3) is 10.9 Å². The molecular weight excluding hydrogens is 320 g/mol. The molecule has 25 heavy (non-hydrogen) atoms. The summed E-state index contributed by atoms with van der Waals surface area (Å²) in [5.41, 5.74) is 2.63. The first-order valence-electron chi connectivity index (χ1n) is 8.40. The molecule has 130 valence electrons. The fraction of sp³-hybridized carbons (Fsp3) is 0.389. The van der Waals surface area contributed by atoms with Crippen LogP contribution in [0.15, 0.2) is 35.2 Å². The number of oxazole rings is 1. The summed E-state index contributed by atoms with van der Waals surface area (Å²) in [4.78, 5) is 18.6. The van der Waals surface area contributed by atoms with Crippen LogP contribution < -0.4 is 0 Å². The quantitative estimate of drug-likeness (QED) is 0.790. The number of fused-ring (bicyclic) bond motifs is 1. The molecule has 1 aliphatic heterocycles. The van der Waals surface area contributed by atoms with Gasteiger partial charge in [-0.25, -0.2) is 4.98 Å². The molecule has 1 fully saturated rings. The first-order valence-corrected chi connectivity index (χ1v) is 8.40. The van der Waals surface area contributed by atoms with Crippen LogP contribution in [-0.2, 0) is 11.2 Å². The molecule has 0 aliphatic carbocycles. The minimum Gasteiger partial charge on any atom is -0.448 e. The molecule has 1 N–H and O–H groups in total. The van der Waals surface area contributed by atoms with Crippen LogP contribution in [-0.4, -0.2) is 52.3 Å². The van der Waals surface area contributed by atoms with Gasteiger partial charge in [0.15, 0.2) is 12.1 Å². The van der Waals surface area contributed by atoms with Crippen molar-refractivity contribution in [2.75, 3.05) is 26.3 Å². The van der Waals surface area contributed by atoms with Crippen molar-refractivity contribution in [2.24, 2.45) is 5.92 Å². The van der Waals surface area contributed by atoms with Gasteiger partial charge in [-0.3, -0.25) is 9.89 Å². The normalized spacial score (nSPS) is 18.4. The molecule has 1 aromatic carbocycles. The fourth-order valence-corrected chi connectivity index (χ4v) is 3.30. The summed E-state index contributed by atoms with van der Waals surface area (Å²) in [5.74, 6) is 0.701. The lowest BCUT2D eigenvalue weighted by Crippen LogP contribution is -2.36. The maximum atomic E-state index is 12.7. The molecule has 1 atom stereocenters. The summed E-state index contributed by atoms with van der Waals surface area (Å²) >= 11 is 0. The number of nitrogens with zero attached hydrogens (tertiary/aromatic N) is 3. The third-order valence-electron chi connectivity index (χ3n) is 4.60. The van der Waals surface area contributed by atoms with E-state index in [1.165, 1.54) is 12.0 Å². The molecule has 4 rings (SSSR count). The molecule has 3 aromatic rings. The highest BCUT2D eigenvalue weighted by Gasteiger charge is 2.26. The summed E-state index contributed by atoms with van der Waals surface area (Å²) < 4.78 is 10.9. The first kappa shape index (κ1) is 15.8. The molecule has 7 nitrogen and oxygen atoms in total. The van der Waals surface area contributed by atoms with Crippen LogP contribution in [0, 0.1) is 12.8 Å². The summed E-state index contributed by atoms with van der Waals surface area (Å²) in [6.07, 6.45) is 3.99. The minimum absolute atomic E-state index is 0.0907. The first-order chi connectivity index (χ1) is 12.2. The van der Waals surface area contributed by atoms with Crippen LogP contribution in [0.5, 0.6) is 0 Å². The molecule has 1 amide bonds. The van der Waals surface area contributed by atoms with Crippen molar-refractivity contribution in [2.45, 2.75) is 13.3 Å². The van der Waals surface area contributed by atoms with Crippen molar-refractivity contribution in [3.05, 3.63) is 47.8 Å². The summed E-state index contributed by atoms with van der Waals surface area (Å²) in [6, 6.07) is 6.27. The topological polar surface area (TPSA) is 84.3 Å². The molecule has 0 spiro atoms. The number of hydrogen-bond donors (Lipinski definition) is 1. The number of aromatic amines is 1. The highest BCUT2D eigenvalue weighted by Crippen LogP contribution is 2.19. The van der Waals surface area contributed by atoms with E-state index in [-0.39, 0.29) is 11.8 Å². The van der Waals surface area contributed by atoms with Gasteiger partial charge in [0.05, 0.1) is 24.9 Å². The lowest BCUT2D eigenvalue weighted by atomic mass is 9.98. The van der Waals surface area contributed by atoms with Gasteiger partial charge in [0, 0.05) is 24.4 Å². The van der Waals surface area contributed by atoms with Crippen molar-refractivity contribution in [1.29, 1.82) is 0 Å². The number of benzene rings is 1. The van der Waals surface area contributed by atoms with Crippen molar-refractivity contribution >= 4 is 16.8 Å². The molecular formula is C18H20N4O3. The standard InChI is InChI=1S/C18H20N4O3/c1-12-17(19-11-25-12)18(23)22-4-5-24-10-14(9-22)6-13-2-3-16-15(7-13)8-20-21-16/h2-3,7-8,11,14H,4-6,9-10H2,1H3,(H,20,21)/t14-/m1/s1. The maximum Gasteiger partial charge on any atom is 0.276 e. The number of carbonyl (C=O) groups excluding carboxylic acids is 1. The van der Waals surface area contributed by atoms with Gasteiger partial charge in [0.25, 0.3) is 5.91 Å². The van der Waals surface area contributed by atoms with Gasteiger partial charge in [-0.2, -0.15) is 5.10 Å². The van der Waals surface area contributed by atoms with Gasteiger partial charge < -0.3 is 14.1 Å². The maximum absolute atomic E-state index is 12.7. The lowest BCUT2D eigenvalue weighted by Gasteiger charge is -2.23. The van der Waals surface area contributed by atoms with E-state index in [4.69, 9.17) is 9.15 Å². The van der Waals surface area contributed by atoms with Gasteiger partial charge >= 0.3 is 0 Å². The van der Waals surface area contributed by atoms with Gasteiger partial charge in [0.2, 0.25) is 0 Å². The molecule has 1 aliphatic rings. The smallest absolute Gasteiger partial charge is 0.276 e. The van der Waals surface area contributed by atoms with Crippen molar-refractivity contribution in [1.82, 2.24) is 20.1 Å². The lowest BCUT2D eigenvalue weighted by molar-refractivity contribution is 0.0730. The van der Waals surface area contributed by atoms with E-state index in [0.717, 1.165) is 17.3 Å². The Hall–Kier alpha value is -2.67. The van der Waals surface area contributed by atoms with Crippen molar-refractivity contribution in [3.8, 4) is 0 Å². The number of ether oxygens (including phenoxy) is 1. The number of H-pyrrole nitrogens is 1. The Morgan fingerprint density at radius 3 is 3.20 bits per heavy atom. The molecule has 0 saturated carbocycles. The van der Waals surface area contributed by atoms with Gasteiger partial charge in [-0.05, 0) is 31.0 Å². The van der Waals surface area contributed by atoms with E-state index >= 15 is 0 Å². The highest BCUT2D eigenvalue weighted by molar-refractivity contribution is 5.93. The van der Waals surface area contributed by atoms with Crippen LogP contribution in [0.2, 0.25) is 0 Å². The van der Waals surface area contributed by atoms with Crippen molar-refractivity contribution < 1.29 is 13.9 Å². The molecule has 0 radical (unpaired) electrons. The molecule has 0 bridgehead atoms. The Bertz CT molecular complexity index is 885. The van der Waals surface area contributed by atoms with E-state index in [1.807, 2.05) is 17.2 Å². The Labute approximate surface area is 145 Å². The van der Waals surface area contributed by atoms with E-state index in [2.05, 4.69) is 27.3 Å². The summed E-state index contributed by atoms with van der Waals surface area (Å²) in [6.45, 7) is 4.16. The molecule has 1 saturated heterocycles. The Morgan fingerprint density at radius 1 is 1.44 bits per heavy atom. The second-order valence-corrected chi connectivity index (χ2v) is 6.44. The zero-order valence-electron chi connectivity index (χ0n) is 14.1. The Balaban J connectivity index is 1.49. The number of nitrogens with one attached hydrogen (secondary N) is 1. The molecule has 2 aromatic heterocycles. The average Bonchev–Trinajstić information content (AvgIpc) is 3.18. The largest absolute Gasteiger partial charge is 0.448 e. The van der Waals surface area contributed by atoms with Crippen LogP contribution in [0.4, 0.5) is 0 Å². The molecule has 7 heteroatoms. The predicted molar refractivity (Wildman–Crippen MR) is 91.3 cm³/mol. The van der Waals surface area contributed by atoms with E-state index in [1.54, 1.807) is 6.92 Å². The number of hydrogen-bond acceptors (Lipinski definition) is 5. The third kappa shape index (κ3) is 3.28.